The van der Waals surface area contributed by atoms with Crippen LogP contribution in [-0.2, 0) is 0 Å². The van der Waals surface area contributed by atoms with Crippen molar-refractivity contribution in [2.75, 3.05) is 14.1 Å². The van der Waals surface area contributed by atoms with Gasteiger partial charge < -0.3 is 4.90 Å². The van der Waals surface area contributed by atoms with Crippen molar-refractivity contribution in [3.8, 4) is 0 Å². The smallest absolute Gasteiger partial charge is 0.0406 e. The van der Waals surface area contributed by atoms with Gasteiger partial charge in [-0.3, -0.25) is 0 Å². The molecular weight excluding hydrogens is 266 g/mol. The fraction of sp³-hybridized carbons (Fsp3) is 0.667. The fourth-order valence-electron chi connectivity index (χ4n) is 3.45. The minimum absolute atomic E-state index is 0.626. The Morgan fingerprint density at radius 3 is 2.15 bits per heavy atom. The highest BCUT2D eigenvalue weighted by Crippen LogP contribution is 2.43. The SMILES string of the molecule is CC(C)C[C@H]([C@@H](c1ccc(Cl)cc1)C1CCC1)N(C)C. The summed E-state index contributed by atoms with van der Waals surface area (Å²) < 4.78 is 0. The second kappa shape index (κ2) is 6.95. The molecule has 0 bridgehead atoms. The van der Waals surface area contributed by atoms with Crippen LogP contribution in [0.25, 0.3) is 0 Å². The average molecular weight is 294 g/mol. The Kier molecular flexibility index (Phi) is 5.51. The van der Waals surface area contributed by atoms with E-state index in [1.54, 1.807) is 0 Å². The molecule has 0 unspecified atom stereocenters. The van der Waals surface area contributed by atoms with Crippen LogP contribution >= 0.6 is 11.6 Å². The van der Waals surface area contributed by atoms with Gasteiger partial charge in [0.2, 0.25) is 0 Å². The lowest BCUT2D eigenvalue weighted by molar-refractivity contribution is 0.140. The van der Waals surface area contributed by atoms with Crippen molar-refractivity contribution in [2.45, 2.75) is 51.5 Å². The first-order chi connectivity index (χ1) is 9.49. The molecule has 20 heavy (non-hydrogen) atoms. The lowest BCUT2D eigenvalue weighted by Gasteiger charge is -2.42. The Labute approximate surface area is 129 Å². The van der Waals surface area contributed by atoms with Gasteiger partial charge in [0.1, 0.15) is 0 Å². The van der Waals surface area contributed by atoms with E-state index in [1.165, 1.54) is 31.2 Å². The zero-order valence-electron chi connectivity index (χ0n) is 13.3. The van der Waals surface area contributed by atoms with Crippen molar-refractivity contribution in [3.05, 3.63) is 34.9 Å². The predicted octanol–water partition coefficient (Wildman–Crippen LogP) is 5.20. The first-order valence-corrected chi connectivity index (χ1v) is 8.28. The molecule has 2 atom stereocenters. The standard InChI is InChI=1S/C18H28ClN/c1-13(2)12-17(20(3)4)18(14-6-5-7-14)15-8-10-16(19)11-9-15/h8-11,13-14,17-18H,5-7,12H2,1-4H3/t17-,18-/m1/s1. The molecule has 2 rings (SSSR count). The van der Waals surface area contributed by atoms with Crippen LogP contribution in [0.2, 0.25) is 5.02 Å². The monoisotopic (exact) mass is 293 g/mol. The molecule has 1 aromatic carbocycles. The maximum absolute atomic E-state index is 6.06. The molecule has 1 aliphatic carbocycles. The van der Waals surface area contributed by atoms with E-state index in [0.717, 1.165) is 16.9 Å². The van der Waals surface area contributed by atoms with Crippen LogP contribution in [0.15, 0.2) is 24.3 Å². The maximum atomic E-state index is 6.06. The summed E-state index contributed by atoms with van der Waals surface area (Å²) in [6.07, 6.45) is 5.43. The summed E-state index contributed by atoms with van der Waals surface area (Å²) in [6.45, 7) is 4.66. The minimum atomic E-state index is 0.626. The van der Waals surface area contributed by atoms with Crippen LogP contribution in [0, 0.1) is 11.8 Å². The third-order valence-corrected chi connectivity index (χ3v) is 4.96. The third-order valence-electron chi connectivity index (χ3n) is 4.70. The zero-order chi connectivity index (χ0) is 14.7. The second-order valence-electron chi connectivity index (χ2n) is 6.93. The molecular formula is C18H28ClN. The molecule has 1 saturated carbocycles. The van der Waals surface area contributed by atoms with Gasteiger partial charge in [0.25, 0.3) is 0 Å². The van der Waals surface area contributed by atoms with E-state index in [1.807, 2.05) is 12.1 Å². The molecule has 0 amide bonds. The van der Waals surface area contributed by atoms with E-state index in [0.29, 0.717) is 12.0 Å². The van der Waals surface area contributed by atoms with Gasteiger partial charge in [-0.25, -0.2) is 0 Å². The van der Waals surface area contributed by atoms with Crippen LogP contribution in [0.3, 0.4) is 0 Å². The van der Waals surface area contributed by atoms with Crippen LogP contribution in [-0.4, -0.2) is 25.0 Å². The molecule has 1 nitrogen and oxygen atoms in total. The number of hydrogen-bond donors (Lipinski definition) is 0. The van der Waals surface area contributed by atoms with Crippen LogP contribution in [0.4, 0.5) is 0 Å². The number of benzene rings is 1. The fourth-order valence-corrected chi connectivity index (χ4v) is 3.58. The van der Waals surface area contributed by atoms with Gasteiger partial charge in [-0.1, -0.05) is 44.0 Å². The zero-order valence-corrected chi connectivity index (χ0v) is 14.0. The summed E-state index contributed by atoms with van der Waals surface area (Å²) in [5, 5.41) is 0.839. The van der Waals surface area contributed by atoms with Crippen LogP contribution < -0.4 is 0 Å². The Balaban J connectivity index is 2.27. The quantitative estimate of drug-likeness (QED) is 0.697. The summed E-state index contributed by atoms with van der Waals surface area (Å²) in [5.41, 5.74) is 1.47. The molecule has 2 heteroatoms. The number of nitrogens with zero attached hydrogens (tertiary/aromatic N) is 1. The molecule has 1 fully saturated rings. The van der Waals surface area contributed by atoms with Crippen LogP contribution in [0.5, 0.6) is 0 Å². The molecule has 0 radical (unpaired) electrons. The normalized spacial score (nSPS) is 19.1. The number of halogens is 1. The van der Waals surface area contributed by atoms with Crippen molar-refractivity contribution in [2.24, 2.45) is 11.8 Å². The minimum Gasteiger partial charge on any atom is -0.306 e. The van der Waals surface area contributed by atoms with Gasteiger partial charge in [-0.05, 0) is 62.9 Å². The topological polar surface area (TPSA) is 3.24 Å². The lowest BCUT2D eigenvalue weighted by atomic mass is 9.68. The van der Waals surface area contributed by atoms with Crippen molar-refractivity contribution in [3.63, 3.8) is 0 Å². The molecule has 0 spiro atoms. The summed E-state index contributed by atoms with van der Waals surface area (Å²) in [4.78, 5) is 2.43. The predicted molar refractivity (Wildman–Crippen MR) is 88.5 cm³/mol. The van der Waals surface area contributed by atoms with Gasteiger partial charge in [-0.15, -0.1) is 0 Å². The largest absolute Gasteiger partial charge is 0.306 e. The summed E-state index contributed by atoms with van der Waals surface area (Å²) in [6, 6.07) is 9.20. The highest BCUT2D eigenvalue weighted by atomic mass is 35.5. The first-order valence-electron chi connectivity index (χ1n) is 7.91. The number of likely N-dealkylation sites (N-methyl/N-ethyl adjacent to an activating group) is 1. The van der Waals surface area contributed by atoms with Crippen LogP contribution in [0.1, 0.15) is 51.0 Å². The Hall–Kier alpha value is -0.530. The Bertz CT molecular complexity index is 406. The number of rotatable bonds is 6. The molecule has 0 saturated heterocycles. The number of hydrogen-bond acceptors (Lipinski definition) is 1. The van der Waals surface area contributed by atoms with Gasteiger partial charge >= 0.3 is 0 Å². The summed E-state index contributed by atoms with van der Waals surface area (Å²) in [7, 11) is 4.46. The molecule has 0 heterocycles. The van der Waals surface area contributed by atoms with Gasteiger partial charge in [0.15, 0.2) is 0 Å². The summed E-state index contributed by atoms with van der Waals surface area (Å²) in [5.74, 6) is 2.23. The summed E-state index contributed by atoms with van der Waals surface area (Å²) >= 11 is 6.06. The van der Waals surface area contributed by atoms with Crippen molar-refractivity contribution < 1.29 is 0 Å². The van der Waals surface area contributed by atoms with E-state index in [9.17, 15) is 0 Å². The average Bonchev–Trinajstić information content (AvgIpc) is 2.32. The van der Waals surface area contributed by atoms with Crippen molar-refractivity contribution in [1.29, 1.82) is 0 Å². The molecule has 1 aliphatic rings. The molecule has 112 valence electrons. The van der Waals surface area contributed by atoms with E-state index >= 15 is 0 Å². The Morgan fingerprint density at radius 2 is 1.75 bits per heavy atom. The second-order valence-corrected chi connectivity index (χ2v) is 7.37. The molecule has 1 aromatic rings. The van der Waals surface area contributed by atoms with Gasteiger partial charge in [0, 0.05) is 17.0 Å². The maximum Gasteiger partial charge on any atom is 0.0406 e. The van der Waals surface area contributed by atoms with Gasteiger partial charge in [0.05, 0.1) is 0 Å². The first kappa shape index (κ1) is 15.9. The van der Waals surface area contributed by atoms with E-state index in [2.05, 4.69) is 45.0 Å². The highest BCUT2D eigenvalue weighted by molar-refractivity contribution is 6.30. The van der Waals surface area contributed by atoms with Crippen molar-refractivity contribution in [1.82, 2.24) is 4.90 Å². The van der Waals surface area contributed by atoms with E-state index < -0.39 is 0 Å². The highest BCUT2D eigenvalue weighted by Gasteiger charge is 2.35. The van der Waals surface area contributed by atoms with E-state index in [-0.39, 0.29) is 0 Å². The Morgan fingerprint density at radius 1 is 1.15 bits per heavy atom. The third kappa shape index (κ3) is 3.77. The lowest BCUT2D eigenvalue weighted by Crippen LogP contribution is -2.40. The molecule has 0 aromatic heterocycles. The molecule has 0 aliphatic heterocycles. The van der Waals surface area contributed by atoms with E-state index in [4.69, 9.17) is 11.6 Å². The molecule has 0 N–H and O–H groups in total. The van der Waals surface area contributed by atoms with Crippen molar-refractivity contribution >= 4 is 11.6 Å². The van der Waals surface area contributed by atoms with Gasteiger partial charge in [-0.2, -0.15) is 0 Å².